The van der Waals surface area contributed by atoms with Gasteiger partial charge in [-0.05, 0) is 24.3 Å². The van der Waals surface area contributed by atoms with Crippen LogP contribution in [0, 0.1) is 0 Å². The smallest absolute Gasteiger partial charge is 0.357 e. The van der Waals surface area contributed by atoms with E-state index in [4.69, 9.17) is 8.74 Å². The highest BCUT2D eigenvalue weighted by Crippen LogP contribution is 2.23. The Morgan fingerprint density at radius 1 is 1.29 bits per heavy atom. The molecule has 1 N–H and O–H groups in total. The number of pyridine rings is 1. The summed E-state index contributed by atoms with van der Waals surface area (Å²) in [5.74, 6) is 0.358. The van der Waals surface area contributed by atoms with E-state index < -0.39 is 11.4 Å². The zero-order valence-electron chi connectivity index (χ0n) is 7.08. The maximum absolute atomic E-state index is 10.5. The second-order valence-electron chi connectivity index (χ2n) is 2.63. The molecule has 72 valence electrons. The van der Waals surface area contributed by atoms with Gasteiger partial charge in [-0.25, -0.2) is 0 Å². The molecule has 0 saturated carbocycles. The van der Waals surface area contributed by atoms with Crippen LogP contribution in [0.3, 0.4) is 0 Å². The van der Waals surface area contributed by atoms with Gasteiger partial charge in [0.1, 0.15) is 0 Å². The molecule has 0 aliphatic carbocycles. The van der Waals surface area contributed by atoms with Crippen LogP contribution in [0.1, 0.15) is 0 Å². The third-order valence-electron chi connectivity index (χ3n) is 1.77. The van der Waals surface area contributed by atoms with Crippen molar-refractivity contribution in [1.82, 2.24) is 4.98 Å². The van der Waals surface area contributed by atoms with Gasteiger partial charge in [0.15, 0.2) is 5.75 Å². The minimum atomic E-state index is -2.30. The molecule has 1 unspecified atom stereocenters. The lowest BCUT2D eigenvalue weighted by Crippen LogP contribution is -1.97. The predicted octanol–water partition coefficient (Wildman–Crippen LogP) is 1.75. The Balaban J connectivity index is 2.59. The number of aromatic nitrogens is 1. The first kappa shape index (κ1) is 9.11. The second-order valence-corrected chi connectivity index (χ2v) is 3.23. The summed E-state index contributed by atoms with van der Waals surface area (Å²) in [5.41, 5.74) is 0.732. The van der Waals surface area contributed by atoms with Crippen LogP contribution in [-0.4, -0.2) is 13.7 Å². The van der Waals surface area contributed by atoms with E-state index in [9.17, 15) is 4.21 Å². The average molecular weight is 209 g/mol. The predicted molar refractivity (Wildman–Crippen MR) is 53.1 cm³/mol. The quantitative estimate of drug-likeness (QED) is 0.765. The van der Waals surface area contributed by atoms with E-state index in [0.717, 1.165) is 10.9 Å². The monoisotopic (exact) mass is 209 g/mol. The molecule has 2 rings (SSSR count). The van der Waals surface area contributed by atoms with E-state index >= 15 is 0 Å². The molecule has 0 saturated heterocycles. The molecule has 1 atom stereocenters. The number of hydrogen-bond donors (Lipinski definition) is 1. The average Bonchev–Trinajstić information content (AvgIpc) is 2.18. The van der Waals surface area contributed by atoms with Crippen LogP contribution in [0.15, 0.2) is 36.5 Å². The summed E-state index contributed by atoms with van der Waals surface area (Å²) in [5, 5.41) is 0.720. The molecule has 0 aliphatic heterocycles. The normalized spacial score (nSPS) is 12.6. The zero-order valence-corrected chi connectivity index (χ0v) is 7.90. The van der Waals surface area contributed by atoms with Gasteiger partial charge in [0.2, 0.25) is 0 Å². The van der Waals surface area contributed by atoms with Crippen LogP contribution < -0.4 is 4.18 Å². The lowest BCUT2D eigenvalue weighted by atomic mass is 10.2. The van der Waals surface area contributed by atoms with Gasteiger partial charge in [-0.1, -0.05) is 6.07 Å². The van der Waals surface area contributed by atoms with Crippen LogP contribution in [0.2, 0.25) is 0 Å². The summed E-state index contributed by atoms with van der Waals surface area (Å²) in [4.78, 5) is 4.09. The maximum atomic E-state index is 10.5. The molecule has 1 heterocycles. The largest absolute Gasteiger partial charge is 0.379 e. The molecule has 0 bridgehead atoms. The molecule has 0 aliphatic rings. The fourth-order valence-corrected chi connectivity index (χ4v) is 1.52. The fourth-order valence-electron chi connectivity index (χ4n) is 1.22. The minimum Gasteiger partial charge on any atom is -0.379 e. The second kappa shape index (κ2) is 3.73. The molecule has 1 aromatic heterocycles. The number of fused-ring (bicyclic) bond motifs is 1. The van der Waals surface area contributed by atoms with E-state index in [0.29, 0.717) is 5.75 Å². The van der Waals surface area contributed by atoms with Gasteiger partial charge in [-0.3, -0.25) is 9.54 Å². The Morgan fingerprint density at radius 3 is 2.93 bits per heavy atom. The van der Waals surface area contributed by atoms with Crippen molar-refractivity contribution in [3.05, 3.63) is 36.5 Å². The van der Waals surface area contributed by atoms with E-state index in [2.05, 4.69) is 4.98 Å². The summed E-state index contributed by atoms with van der Waals surface area (Å²) in [6.07, 6.45) is 1.65. The number of rotatable bonds is 2. The summed E-state index contributed by atoms with van der Waals surface area (Å²) in [6, 6.07) is 8.68. The van der Waals surface area contributed by atoms with Gasteiger partial charge in [-0.2, -0.15) is 4.21 Å². The summed E-state index contributed by atoms with van der Waals surface area (Å²) in [6.45, 7) is 0. The van der Waals surface area contributed by atoms with Gasteiger partial charge >= 0.3 is 11.4 Å². The highest BCUT2D eigenvalue weighted by molar-refractivity contribution is 7.74. The van der Waals surface area contributed by atoms with Crippen molar-refractivity contribution in [1.29, 1.82) is 0 Å². The summed E-state index contributed by atoms with van der Waals surface area (Å²) >= 11 is -2.30. The van der Waals surface area contributed by atoms with E-state index in [-0.39, 0.29) is 0 Å². The fraction of sp³-hybridized carbons (Fsp3) is 0. The van der Waals surface area contributed by atoms with Crippen molar-refractivity contribution in [2.75, 3.05) is 0 Å². The summed E-state index contributed by atoms with van der Waals surface area (Å²) in [7, 11) is 0. The molecular weight excluding hydrogens is 202 g/mol. The van der Waals surface area contributed by atoms with Crippen LogP contribution in [0.25, 0.3) is 10.9 Å². The Labute approximate surface area is 83.0 Å². The third-order valence-corrected chi connectivity index (χ3v) is 2.09. The van der Waals surface area contributed by atoms with E-state index in [1.54, 1.807) is 30.5 Å². The lowest BCUT2D eigenvalue weighted by Gasteiger charge is -2.03. The van der Waals surface area contributed by atoms with Crippen molar-refractivity contribution in [2.45, 2.75) is 0 Å². The maximum Gasteiger partial charge on any atom is 0.357 e. The highest BCUT2D eigenvalue weighted by Gasteiger charge is 2.04. The number of nitrogens with zero attached hydrogens (tertiary/aromatic N) is 1. The molecule has 0 amide bonds. The third kappa shape index (κ3) is 1.73. The Bertz CT molecular complexity index is 481. The highest BCUT2D eigenvalue weighted by atomic mass is 32.2. The van der Waals surface area contributed by atoms with Crippen LogP contribution in [-0.2, 0) is 11.4 Å². The van der Waals surface area contributed by atoms with Crippen molar-refractivity contribution in [3.8, 4) is 5.75 Å². The first-order chi connectivity index (χ1) is 6.77. The molecule has 0 radical (unpaired) electrons. The lowest BCUT2D eigenvalue weighted by molar-refractivity contribution is 0.460. The van der Waals surface area contributed by atoms with Crippen molar-refractivity contribution >= 4 is 22.3 Å². The first-order valence-corrected chi connectivity index (χ1v) is 4.93. The van der Waals surface area contributed by atoms with Gasteiger partial charge < -0.3 is 4.18 Å². The number of benzene rings is 1. The molecule has 2 aromatic rings. The molecule has 14 heavy (non-hydrogen) atoms. The van der Waals surface area contributed by atoms with Gasteiger partial charge in [0.05, 0.1) is 5.52 Å². The molecule has 0 fully saturated rings. The number of hydrogen-bond acceptors (Lipinski definition) is 3. The van der Waals surface area contributed by atoms with Crippen LogP contribution >= 0.6 is 0 Å². The van der Waals surface area contributed by atoms with Crippen molar-refractivity contribution in [3.63, 3.8) is 0 Å². The molecule has 5 heteroatoms. The first-order valence-electron chi connectivity index (χ1n) is 3.90. The van der Waals surface area contributed by atoms with E-state index in [1.807, 2.05) is 6.07 Å². The van der Waals surface area contributed by atoms with Gasteiger partial charge in [0, 0.05) is 11.6 Å². The molecule has 0 spiro atoms. The minimum absolute atomic E-state index is 0.358. The van der Waals surface area contributed by atoms with Gasteiger partial charge in [0.25, 0.3) is 0 Å². The Morgan fingerprint density at radius 2 is 2.14 bits per heavy atom. The Hall–Kier alpha value is -1.46. The molecule has 4 nitrogen and oxygen atoms in total. The van der Waals surface area contributed by atoms with E-state index in [1.165, 1.54) is 0 Å². The molecular formula is C9H7NO3S. The topological polar surface area (TPSA) is 59.4 Å². The van der Waals surface area contributed by atoms with Gasteiger partial charge in [-0.15, -0.1) is 0 Å². The van der Waals surface area contributed by atoms with Crippen molar-refractivity contribution < 1.29 is 12.9 Å². The SMILES string of the molecule is O=S(O)Oc1cccc2ncccc12. The van der Waals surface area contributed by atoms with Crippen LogP contribution in [0.4, 0.5) is 0 Å². The molecule has 1 aromatic carbocycles. The standard InChI is InChI=1S/C9H7NO3S/c11-14(12)13-9-5-1-4-8-7(9)3-2-6-10-8/h1-6H,(H,11,12). The zero-order chi connectivity index (χ0) is 9.97. The Kier molecular flexibility index (Phi) is 2.43. The van der Waals surface area contributed by atoms with Crippen molar-refractivity contribution in [2.24, 2.45) is 0 Å². The van der Waals surface area contributed by atoms with Crippen LogP contribution in [0.5, 0.6) is 5.75 Å². The summed E-state index contributed by atoms with van der Waals surface area (Å²) < 4.78 is 23.8.